The molecule has 3 rings (SSSR count). The van der Waals surface area contributed by atoms with Crippen LogP contribution in [0, 0.1) is 3.95 Å². The van der Waals surface area contributed by atoms with Crippen LogP contribution in [0.15, 0.2) is 28.8 Å². The molecule has 0 saturated heterocycles. The van der Waals surface area contributed by atoms with E-state index in [1.54, 1.807) is 31.4 Å². The van der Waals surface area contributed by atoms with E-state index in [2.05, 4.69) is 9.98 Å². The highest BCUT2D eigenvalue weighted by atomic mass is 32.1. The second kappa shape index (κ2) is 5.27. The van der Waals surface area contributed by atoms with Crippen molar-refractivity contribution in [1.29, 1.82) is 0 Å². The lowest BCUT2D eigenvalue weighted by Gasteiger charge is -2.04. The van der Waals surface area contributed by atoms with E-state index < -0.39 is 0 Å². The highest BCUT2D eigenvalue weighted by Gasteiger charge is 2.13. The Kier molecular flexibility index (Phi) is 3.44. The number of methoxy groups -OCH3 is 1. The lowest BCUT2D eigenvalue weighted by atomic mass is 10.1. The molecule has 21 heavy (non-hydrogen) atoms. The van der Waals surface area contributed by atoms with E-state index in [1.165, 1.54) is 11.3 Å². The molecule has 0 atom stereocenters. The monoisotopic (exact) mass is 318 g/mol. The third-order valence-electron chi connectivity index (χ3n) is 2.96. The summed E-state index contributed by atoms with van der Waals surface area (Å²) < 4.78 is 5.56. The summed E-state index contributed by atoms with van der Waals surface area (Å²) in [5.41, 5.74) is 0.396. The number of nitrogens with one attached hydrogen (secondary N) is 1. The van der Waals surface area contributed by atoms with Gasteiger partial charge in [-0.1, -0.05) is 0 Å². The summed E-state index contributed by atoms with van der Waals surface area (Å²) in [6, 6.07) is 5.34. The largest absolute Gasteiger partial charge is 0.497 e. The van der Waals surface area contributed by atoms with Crippen LogP contribution in [0.2, 0.25) is 0 Å². The number of hydrogen-bond donors (Lipinski definition) is 2. The van der Waals surface area contributed by atoms with Crippen LogP contribution in [0.4, 0.5) is 0 Å². The van der Waals surface area contributed by atoms with E-state index in [0.29, 0.717) is 25.5 Å². The molecular weight excluding hydrogens is 308 g/mol. The second-order valence-electron chi connectivity index (χ2n) is 4.31. The fourth-order valence-electron chi connectivity index (χ4n) is 1.95. The smallest absolute Gasteiger partial charge is 0.277 e. The molecule has 1 amide bonds. The van der Waals surface area contributed by atoms with Crippen LogP contribution in [0.25, 0.3) is 12.2 Å². The minimum atomic E-state index is -0.366. The predicted molar refractivity (Wildman–Crippen MR) is 82.4 cm³/mol. The zero-order valence-electron chi connectivity index (χ0n) is 10.9. The molecule has 5 nitrogen and oxygen atoms in total. The summed E-state index contributed by atoms with van der Waals surface area (Å²) in [7, 11) is 1.56. The first-order valence-corrected chi connectivity index (χ1v) is 7.22. The number of aromatic amines is 1. The van der Waals surface area contributed by atoms with Crippen molar-refractivity contribution in [2.24, 2.45) is 4.99 Å². The van der Waals surface area contributed by atoms with E-state index in [1.807, 2.05) is 6.07 Å². The average Bonchev–Trinajstić information content (AvgIpc) is 2.77. The van der Waals surface area contributed by atoms with E-state index in [0.717, 1.165) is 5.22 Å². The fourth-order valence-corrected chi connectivity index (χ4v) is 2.99. The molecule has 2 N–H and O–H groups in total. The molecule has 0 unspecified atom stereocenters. The van der Waals surface area contributed by atoms with Gasteiger partial charge in [-0.2, -0.15) is 0 Å². The van der Waals surface area contributed by atoms with Crippen molar-refractivity contribution in [3.05, 3.63) is 43.2 Å². The van der Waals surface area contributed by atoms with E-state index in [-0.39, 0.29) is 11.8 Å². The predicted octanol–water partition coefficient (Wildman–Crippen LogP) is 1.54. The Balaban J connectivity index is 2.14. The molecule has 0 saturated carbocycles. The van der Waals surface area contributed by atoms with Crippen molar-refractivity contribution in [1.82, 2.24) is 4.98 Å². The van der Waals surface area contributed by atoms with Gasteiger partial charge in [0.1, 0.15) is 5.75 Å². The number of carbonyl (C=O) groups is 1. The lowest BCUT2D eigenvalue weighted by Crippen LogP contribution is -2.30. The van der Waals surface area contributed by atoms with Crippen molar-refractivity contribution in [2.45, 2.75) is 0 Å². The third kappa shape index (κ3) is 2.65. The van der Waals surface area contributed by atoms with Crippen LogP contribution in [0.3, 0.4) is 0 Å². The van der Waals surface area contributed by atoms with E-state index >= 15 is 0 Å². The molecule has 106 valence electrons. The van der Waals surface area contributed by atoms with Gasteiger partial charge in [0.2, 0.25) is 5.88 Å². The van der Waals surface area contributed by atoms with Crippen LogP contribution in [-0.2, 0) is 4.79 Å². The number of fused-ring (bicyclic) bond motifs is 1. The molecule has 0 fully saturated rings. The molecule has 1 aromatic carbocycles. The van der Waals surface area contributed by atoms with Gasteiger partial charge in [-0.15, -0.1) is 11.3 Å². The maximum atomic E-state index is 12.1. The molecule has 0 spiro atoms. The molecule has 1 aliphatic heterocycles. The van der Waals surface area contributed by atoms with Crippen LogP contribution in [0.5, 0.6) is 11.6 Å². The molecule has 0 aliphatic carbocycles. The number of hydrogen-bond acceptors (Lipinski definition) is 5. The highest BCUT2D eigenvalue weighted by molar-refractivity contribution is 7.73. The lowest BCUT2D eigenvalue weighted by molar-refractivity contribution is -0.114. The van der Waals surface area contributed by atoms with Gasteiger partial charge in [-0.25, -0.2) is 4.99 Å². The maximum absolute atomic E-state index is 12.1. The third-order valence-corrected chi connectivity index (χ3v) is 4.13. The number of aromatic nitrogens is 1. The van der Waals surface area contributed by atoms with Crippen molar-refractivity contribution >= 4 is 41.6 Å². The number of rotatable bonds is 2. The number of ether oxygens (including phenoxy) is 1. The van der Waals surface area contributed by atoms with Gasteiger partial charge in [0, 0.05) is 16.9 Å². The minimum Gasteiger partial charge on any atom is -0.497 e. The zero-order valence-corrected chi connectivity index (χ0v) is 12.5. The Morgan fingerprint density at radius 1 is 1.48 bits per heavy atom. The SMILES string of the molecule is COc1ccc2c(c1)=NC(=O)C(=Cc1sc(=S)[nH]c1O)C=2. The minimum absolute atomic E-state index is 0.0424. The Bertz CT molecular complexity index is 938. The maximum Gasteiger partial charge on any atom is 0.277 e. The van der Waals surface area contributed by atoms with Crippen molar-refractivity contribution in [2.75, 3.05) is 7.11 Å². The number of amides is 1. The van der Waals surface area contributed by atoms with Crippen LogP contribution < -0.4 is 15.3 Å². The summed E-state index contributed by atoms with van der Waals surface area (Å²) in [5.74, 6) is 0.237. The highest BCUT2D eigenvalue weighted by Crippen LogP contribution is 2.25. The van der Waals surface area contributed by atoms with Gasteiger partial charge in [0.15, 0.2) is 3.95 Å². The van der Waals surface area contributed by atoms with Gasteiger partial charge in [-0.3, -0.25) is 4.79 Å². The van der Waals surface area contributed by atoms with Gasteiger partial charge < -0.3 is 14.8 Å². The average molecular weight is 318 g/mol. The van der Waals surface area contributed by atoms with Gasteiger partial charge >= 0.3 is 0 Å². The molecule has 0 radical (unpaired) electrons. The molecule has 2 heterocycles. The van der Waals surface area contributed by atoms with Crippen molar-refractivity contribution in [3.63, 3.8) is 0 Å². The Morgan fingerprint density at radius 2 is 2.29 bits per heavy atom. The van der Waals surface area contributed by atoms with E-state index in [9.17, 15) is 9.90 Å². The summed E-state index contributed by atoms with van der Waals surface area (Å²) in [5, 5.41) is 11.1. The van der Waals surface area contributed by atoms with Gasteiger partial charge in [0.25, 0.3) is 5.91 Å². The van der Waals surface area contributed by atoms with E-state index in [4.69, 9.17) is 17.0 Å². The molecule has 1 aliphatic rings. The number of aromatic hydroxyl groups is 1. The summed E-state index contributed by atoms with van der Waals surface area (Å²) in [6.07, 6.45) is 3.30. The van der Waals surface area contributed by atoms with Crippen molar-refractivity contribution in [3.8, 4) is 11.6 Å². The number of carbonyl (C=O) groups excluding carboxylic acids is 1. The Hall–Kier alpha value is -2.25. The molecule has 1 aromatic heterocycles. The summed E-state index contributed by atoms with van der Waals surface area (Å²) in [4.78, 5) is 19.2. The first-order valence-electron chi connectivity index (χ1n) is 5.99. The fraction of sp³-hybridized carbons (Fsp3) is 0.0714. The van der Waals surface area contributed by atoms with Crippen LogP contribution in [-0.4, -0.2) is 23.1 Å². The topological polar surface area (TPSA) is 74.7 Å². The Labute approximate surface area is 128 Å². The Morgan fingerprint density at radius 3 is 2.95 bits per heavy atom. The number of nitrogens with zero attached hydrogens (tertiary/aromatic N) is 1. The second-order valence-corrected chi connectivity index (χ2v) is 6.03. The van der Waals surface area contributed by atoms with Crippen LogP contribution in [0.1, 0.15) is 4.88 Å². The zero-order chi connectivity index (χ0) is 15.0. The van der Waals surface area contributed by atoms with Crippen LogP contribution >= 0.6 is 23.6 Å². The summed E-state index contributed by atoms with van der Waals surface area (Å²) >= 11 is 6.15. The quantitative estimate of drug-likeness (QED) is 0.651. The first kappa shape index (κ1) is 13.7. The normalized spacial score (nSPS) is 15.3. The first-order chi connectivity index (χ1) is 10.1. The molecule has 7 heteroatoms. The molecular formula is C14H10N2O3S2. The number of benzene rings is 1. The van der Waals surface area contributed by atoms with Gasteiger partial charge in [-0.05, 0) is 36.5 Å². The van der Waals surface area contributed by atoms with Gasteiger partial charge in [0.05, 0.1) is 17.3 Å². The number of thiazole rings is 1. The standard InChI is InChI=1S/C14H10N2O3S2/c1-19-9-3-2-7-4-8(12(17)15-10(7)6-9)5-11-13(18)16-14(20)21-11/h2-6,18H,1H3,(H,16,20). The molecule has 2 aromatic rings. The number of H-pyrrole nitrogens is 1. The summed E-state index contributed by atoms with van der Waals surface area (Å²) in [6.45, 7) is 0. The van der Waals surface area contributed by atoms with Crippen molar-refractivity contribution < 1.29 is 14.6 Å². The molecule has 0 bridgehead atoms.